The molecule has 1 heterocycles. The minimum atomic E-state index is -0.0383. The average molecular weight is 322 g/mol. The molecule has 1 aromatic carbocycles. The van der Waals surface area contributed by atoms with E-state index in [0.29, 0.717) is 18.2 Å². The lowest BCUT2D eigenvalue weighted by molar-refractivity contribution is 0.0814. The van der Waals surface area contributed by atoms with Crippen LogP contribution in [-0.2, 0) is 6.42 Å². The van der Waals surface area contributed by atoms with Gasteiger partial charge in [0.2, 0.25) is 0 Å². The lowest BCUT2D eigenvalue weighted by atomic mass is 9.96. The van der Waals surface area contributed by atoms with E-state index in [-0.39, 0.29) is 5.91 Å². The maximum absolute atomic E-state index is 12.8. The normalized spacial score (nSPS) is 11.6. The van der Waals surface area contributed by atoms with Crippen molar-refractivity contribution in [1.29, 1.82) is 0 Å². The molecule has 0 spiro atoms. The van der Waals surface area contributed by atoms with E-state index in [0.717, 1.165) is 12.8 Å². The second-order valence-corrected chi connectivity index (χ2v) is 6.23. The Labute approximate surface area is 145 Å². The van der Waals surface area contributed by atoms with Crippen LogP contribution in [0, 0.1) is 5.92 Å². The molecule has 0 aliphatic carbocycles. The molecule has 1 aromatic heterocycles. The molecule has 24 heavy (non-hydrogen) atoms. The van der Waals surface area contributed by atoms with Crippen LogP contribution in [0.5, 0.6) is 0 Å². The van der Waals surface area contributed by atoms with E-state index >= 15 is 0 Å². The van der Waals surface area contributed by atoms with Gasteiger partial charge < -0.3 is 4.90 Å². The molecule has 0 saturated carbocycles. The fourth-order valence-electron chi connectivity index (χ4n) is 2.53. The highest BCUT2D eigenvalue weighted by molar-refractivity contribution is 5.93. The van der Waals surface area contributed by atoms with Gasteiger partial charge in [0, 0.05) is 18.9 Å². The molecule has 126 valence electrons. The summed E-state index contributed by atoms with van der Waals surface area (Å²) in [6, 6.07) is 15.8. The summed E-state index contributed by atoms with van der Waals surface area (Å²) in [7, 11) is 0. The minimum Gasteiger partial charge on any atom is -0.314 e. The van der Waals surface area contributed by atoms with Crippen molar-refractivity contribution in [2.45, 2.75) is 33.6 Å². The number of amides is 1. The first-order valence-electron chi connectivity index (χ1n) is 8.58. The number of benzene rings is 1. The van der Waals surface area contributed by atoms with Crippen LogP contribution in [0.25, 0.3) is 0 Å². The monoisotopic (exact) mass is 322 g/mol. The van der Waals surface area contributed by atoms with Crippen LogP contribution in [-0.4, -0.2) is 22.3 Å². The largest absolute Gasteiger partial charge is 0.314 e. The highest BCUT2D eigenvalue weighted by Gasteiger charge is 2.16. The molecule has 3 heteroatoms. The number of carbonyl (C=O) groups is 1. The van der Waals surface area contributed by atoms with Crippen molar-refractivity contribution in [1.82, 2.24) is 9.88 Å². The molecule has 0 unspecified atom stereocenters. The van der Waals surface area contributed by atoms with Gasteiger partial charge >= 0.3 is 0 Å². The van der Waals surface area contributed by atoms with Gasteiger partial charge in [-0.2, -0.15) is 0 Å². The van der Waals surface area contributed by atoms with Crippen LogP contribution >= 0.6 is 0 Å². The molecule has 0 atom stereocenters. The predicted molar refractivity (Wildman–Crippen MR) is 98.6 cm³/mol. The highest BCUT2D eigenvalue weighted by atomic mass is 16.2. The maximum Gasteiger partial charge on any atom is 0.276 e. The van der Waals surface area contributed by atoms with E-state index in [9.17, 15) is 4.79 Å². The van der Waals surface area contributed by atoms with E-state index in [4.69, 9.17) is 0 Å². The average Bonchev–Trinajstić information content (AvgIpc) is 2.61. The molecule has 0 aliphatic rings. The predicted octanol–water partition coefficient (Wildman–Crippen LogP) is 4.72. The summed E-state index contributed by atoms with van der Waals surface area (Å²) < 4.78 is 0. The van der Waals surface area contributed by atoms with E-state index in [2.05, 4.69) is 50.0 Å². The molecule has 0 saturated heterocycles. The van der Waals surface area contributed by atoms with Crippen LogP contribution < -0.4 is 0 Å². The molecule has 2 aromatic rings. The van der Waals surface area contributed by atoms with Crippen molar-refractivity contribution < 1.29 is 4.79 Å². The molecular weight excluding hydrogens is 296 g/mol. The first-order chi connectivity index (χ1) is 11.6. The van der Waals surface area contributed by atoms with E-state index in [1.165, 1.54) is 11.1 Å². The zero-order valence-corrected chi connectivity index (χ0v) is 14.8. The fourth-order valence-corrected chi connectivity index (χ4v) is 2.53. The first-order valence-corrected chi connectivity index (χ1v) is 8.58. The van der Waals surface area contributed by atoms with Crippen molar-refractivity contribution in [3.05, 3.63) is 77.8 Å². The lowest BCUT2D eigenvalue weighted by Gasteiger charge is -2.21. The van der Waals surface area contributed by atoms with Crippen molar-refractivity contribution in [2.24, 2.45) is 5.92 Å². The molecular formula is C21H26N2O. The molecule has 3 nitrogen and oxygen atoms in total. The van der Waals surface area contributed by atoms with Crippen molar-refractivity contribution in [3.8, 4) is 0 Å². The number of allylic oxidation sites excluding steroid dienone is 1. The smallest absolute Gasteiger partial charge is 0.276 e. The van der Waals surface area contributed by atoms with Crippen LogP contribution in [0.4, 0.5) is 0 Å². The zero-order chi connectivity index (χ0) is 17.4. The molecule has 0 fully saturated rings. The van der Waals surface area contributed by atoms with Gasteiger partial charge in [-0.15, -0.1) is 0 Å². The summed E-state index contributed by atoms with van der Waals surface area (Å²) in [5, 5.41) is 0. The standard InChI is InChI=1S/C21H26N2O/c1-4-14-23(21(24)20-12-8-9-13-22-20)16-19(17(2)3)15-18-10-6-5-7-11-18/h5-13,16-17H,4,14-15H2,1-3H3/b19-16+. The first kappa shape index (κ1) is 17.9. The number of nitrogens with zero attached hydrogens (tertiary/aromatic N) is 2. The number of aromatic nitrogens is 1. The van der Waals surface area contributed by atoms with E-state index in [1.807, 2.05) is 24.4 Å². The van der Waals surface area contributed by atoms with E-state index in [1.54, 1.807) is 17.2 Å². The number of rotatable bonds is 7. The second-order valence-electron chi connectivity index (χ2n) is 6.23. The quantitative estimate of drug-likeness (QED) is 0.739. The molecule has 0 bridgehead atoms. The summed E-state index contributed by atoms with van der Waals surface area (Å²) in [5.41, 5.74) is 3.00. The van der Waals surface area contributed by atoms with Gasteiger partial charge in [0.25, 0.3) is 5.91 Å². The Kier molecular flexibility index (Phi) is 6.74. The summed E-state index contributed by atoms with van der Waals surface area (Å²) in [5.74, 6) is 0.338. The Morgan fingerprint density at radius 2 is 1.83 bits per heavy atom. The summed E-state index contributed by atoms with van der Waals surface area (Å²) in [6.45, 7) is 7.12. The Hall–Kier alpha value is -2.42. The van der Waals surface area contributed by atoms with Crippen molar-refractivity contribution >= 4 is 5.91 Å². The molecule has 0 N–H and O–H groups in total. The Balaban J connectivity index is 2.26. The second kappa shape index (κ2) is 9.02. The highest BCUT2D eigenvalue weighted by Crippen LogP contribution is 2.18. The number of pyridine rings is 1. The van der Waals surface area contributed by atoms with Crippen LogP contribution in [0.1, 0.15) is 43.2 Å². The summed E-state index contributed by atoms with van der Waals surface area (Å²) in [6.07, 6.45) is 5.45. The number of hydrogen-bond donors (Lipinski definition) is 0. The zero-order valence-electron chi connectivity index (χ0n) is 14.8. The van der Waals surface area contributed by atoms with Crippen LogP contribution in [0.3, 0.4) is 0 Å². The third kappa shape index (κ3) is 5.05. The van der Waals surface area contributed by atoms with Crippen molar-refractivity contribution in [3.63, 3.8) is 0 Å². The van der Waals surface area contributed by atoms with Gasteiger partial charge in [-0.05, 0) is 42.0 Å². The van der Waals surface area contributed by atoms with Gasteiger partial charge in [0.1, 0.15) is 5.69 Å². The molecule has 1 amide bonds. The maximum atomic E-state index is 12.8. The SMILES string of the molecule is CCCN(/C=C(\Cc1ccccc1)C(C)C)C(=O)c1ccccn1. The molecule has 0 aliphatic heterocycles. The van der Waals surface area contributed by atoms with E-state index < -0.39 is 0 Å². The number of hydrogen-bond acceptors (Lipinski definition) is 2. The third-order valence-corrected chi connectivity index (χ3v) is 3.92. The van der Waals surface area contributed by atoms with Gasteiger partial charge in [0.15, 0.2) is 0 Å². The number of carbonyl (C=O) groups excluding carboxylic acids is 1. The van der Waals surface area contributed by atoms with Crippen LogP contribution in [0.15, 0.2) is 66.5 Å². The summed E-state index contributed by atoms with van der Waals surface area (Å²) >= 11 is 0. The third-order valence-electron chi connectivity index (χ3n) is 3.92. The Bertz CT molecular complexity index is 663. The van der Waals surface area contributed by atoms with Gasteiger partial charge in [-0.1, -0.05) is 57.2 Å². The minimum absolute atomic E-state index is 0.0383. The van der Waals surface area contributed by atoms with Crippen LogP contribution in [0.2, 0.25) is 0 Å². The van der Waals surface area contributed by atoms with Gasteiger partial charge in [-0.25, -0.2) is 0 Å². The summed E-state index contributed by atoms with van der Waals surface area (Å²) in [4.78, 5) is 18.8. The topological polar surface area (TPSA) is 33.2 Å². The molecule has 0 radical (unpaired) electrons. The Morgan fingerprint density at radius 3 is 2.42 bits per heavy atom. The van der Waals surface area contributed by atoms with Gasteiger partial charge in [0.05, 0.1) is 0 Å². The Morgan fingerprint density at radius 1 is 1.12 bits per heavy atom. The fraction of sp³-hybridized carbons (Fsp3) is 0.333. The lowest BCUT2D eigenvalue weighted by Crippen LogP contribution is -2.28. The van der Waals surface area contributed by atoms with Gasteiger partial charge in [-0.3, -0.25) is 9.78 Å². The molecule has 2 rings (SSSR count). The van der Waals surface area contributed by atoms with Crippen molar-refractivity contribution in [2.75, 3.05) is 6.54 Å².